The van der Waals surface area contributed by atoms with E-state index in [-0.39, 0.29) is 23.0 Å². The number of hydrogen-bond acceptors (Lipinski definition) is 8. The van der Waals surface area contributed by atoms with Crippen molar-refractivity contribution in [3.63, 3.8) is 0 Å². The summed E-state index contributed by atoms with van der Waals surface area (Å²) in [5.74, 6) is -0.851. The highest BCUT2D eigenvalue weighted by Crippen LogP contribution is 2.39. The number of nitrogens with zero attached hydrogens (tertiary/aromatic N) is 1. The molecule has 0 aromatic heterocycles. The van der Waals surface area contributed by atoms with Crippen molar-refractivity contribution in [2.24, 2.45) is 5.73 Å². The Morgan fingerprint density at radius 3 is 2.38 bits per heavy atom. The lowest BCUT2D eigenvalue weighted by Crippen LogP contribution is -2.71. The van der Waals surface area contributed by atoms with E-state index in [2.05, 4.69) is 6.58 Å². The highest BCUT2D eigenvalue weighted by molar-refractivity contribution is 8.72. The van der Waals surface area contributed by atoms with Gasteiger partial charge in [0.1, 0.15) is 23.8 Å². The summed E-state index contributed by atoms with van der Waals surface area (Å²) in [4.78, 5) is 26.8. The van der Waals surface area contributed by atoms with Crippen LogP contribution in [-0.4, -0.2) is 55.6 Å². The molecular formula is C23H25ClN2O6S2. The number of benzene rings is 2. The van der Waals surface area contributed by atoms with E-state index in [0.717, 1.165) is 10.5 Å². The lowest BCUT2D eigenvalue weighted by molar-refractivity contribution is -0.161. The SMILES string of the molecule is C=C(CCl)C(C(=O)OCc1ccc(OC)cc1)N1C(=O)C(N)C1SS(=O)(=O)c1ccc(C)cc1. The molecule has 3 unspecified atom stereocenters. The minimum atomic E-state index is -3.86. The third-order valence-corrected chi connectivity index (χ3v) is 9.35. The first-order valence-electron chi connectivity index (χ1n) is 10.2. The normalized spacial score (nSPS) is 18.7. The Bertz CT molecular complexity index is 1170. The van der Waals surface area contributed by atoms with Gasteiger partial charge in [0.15, 0.2) is 6.04 Å². The number of esters is 1. The molecule has 2 aromatic rings. The fourth-order valence-corrected chi connectivity index (χ4v) is 6.91. The molecule has 0 saturated carbocycles. The predicted molar refractivity (Wildman–Crippen MR) is 131 cm³/mol. The molecule has 0 aliphatic carbocycles. The van der Waals surface area contributed by atoms with Gasteiger partial charge in [-0.3, -0.25) is 4.79 Å². The smallest absolute Gasteiger partial charge is 0.333 e. The number of likely N-dealkylation sites (tertiary alicyclic amines) is 1. The highest BCUT2D eigenvalue weighted by atomic mass is 35.5. The van der Waals surface area contributed by atoms with Crippen LogP contribution < -0.4 is 10.5 Å². The lowest BCUT2D eigenvalue weighted by atomic mass is 10.00. The Hall–Kier alpha value is -2.53. The number of methoxy groups -OCH3 is 1. The predicted octanol–water partition coefficient (Wildman–Crippen LogP) is 2.83. The van der Waals surface area contributed by atoms with Crippen LogP contribution in [0.15, 0.2) is 65.6 Å². The second-order valence-corrected chi connectivity index (χ2v) is 11.9. The maximum atomic E-state index is 13.0. The van der Waals surface area contributed by atoms with Crippen molar-refractivity contribution in [1.82, 2.24) is 4.90 Å². The van der Waals surface area contributed by atoms with Crippen molar-refractivity contribution in [2.75, 3.05) is 13.0 Å². The Labute approximate surface area is 207 Å². The average molecular weight is 525 g/mol. The number of nitrogens with two attached hydrogens (primary N) is 1. The van der Waals surface area contributed by atoms with Crippen LogP contribution in [0.25, 0.3) is 0 Å². The van der Waals surface area contributed by atoms with Crippen molar-refractivity contribution in [3.8, 4) is 5.75 Å². The molecule has 182 valence electrons. The van der Waals surface area contributed by atoms with Gasteiger partial charge < -0.3 is 20.1 Å². The van der Waals surface area contributed by atoms with Crippen molar-refractivity contribution in [1.29, 1.82) is 0 Å². The molecular weight excluding hydrogens is 500 g/mol. The van der Waals surface area contributed by atoms with Gasteiger partial charge >= 0.3 is 5.97 Å². The second kappa shape index (κ2) is 10.8. The van der Waals surface area contributed by atoms with Gasteiger partial charge in [0.25, 0.3) is 0 Å². The van der Waals surface area contributed by atoms with E-state index in [4.69, 9.17) is 26.8 Å². The van der Waals surface area contributed by atoms with Crippen LogP contribution in [0.2, 0.25) is 0 Å². The summed E-state index contributed by atoms with van der Waals surface area (Å²) in [6, 6.07) is 10.8. The monoisotopic (exact) mass is 524 g/mol. The summed E-state index contributed by atoms with van der Waals surface area (Å²) in [5, 5.41) is -1.02. The summed E-state index contributed by atoms with van der Waals surface area (Å²) < 4.78 is 36.4. The molecule has 1 saturated heterocycles. The number of rotatable bonds is 10. The summed E-state index contributed by atoms with van der Waals surface area (Å²) >= 11 is 5.93. The van der Waals surface area contributed by atoms with Crippen molar-refractivity contribution < 1.29 is 27.5 Å². The zero-order valence-electron chi connectivity index (χ0n) is 18.6. The van der Waals surface area contributed by atoms with Gasteiger partial charge in [-0.05, 0) is 42.3 Å². The van der Waals surface area contributed by atoms with Gasteiger partial charge in [-0.15, -0.1) is 11.6 Å². The summed E-state index contributed by atoms with van der Waals surface area (Å²) in [6.45, 7) is 5.56. The molecule has 1 aliphatic rings. The van der Waals surface area contributed by atoms with Gasteiger partial charge in [-0.1, -0.05) is 36.4 Å². The first kappa shape index (κ1) is 26.1. The molecule has 11 heteroatoms. The quantitative estimate of drug-likeness (QED) is 0.166. The molecule has 1 fully saturated rings. The van der Waals surface area contributed by atoms with Crippen LogP contribution in [0.3, 0.4) is 0 Å². The zero-order valence-corrected chi connectivity index (χ0v) is 21.0. The number of ether oxygens (including phenoxy) is 2. The van der Waals surface area contributed by atoms with Gasteiger partial charge in [0.05, 0.1) is 12.0 Å². The van der Waals surface area contributed by atoms with E-state index in [9.17, 15) is 18.0 Å². The maximum absolute atomic E-state index is 13.0. The Morgan fingerprint density at radius 1 is 1.21 bits per heavy atom. The number of alkyl halides is 1. The zero-order chi connectivity index (χ0) is 25.0. The number of carbonyl (C=O) groups is 2. The van der Waals surface area contributed by atoms with Gasteiger partial charge in [0.2, 0.25) is 14.8 Å². The molecule has 8 nitrogen and oxygen atoms in total. The number of hydrogen-bond donors (Lipinski definition) is 1. The topological polar surface area (TPSA) is 116 Å². The third-order valence-electron chi connectivity index (χ3n) is 5.26. The van der Waals surface area contributed by atoms with E-state index < -0.39 is 38.2 Å². The van der Waals surface area contributed by atoms with Crippen molar-refractivity contribution >= 4 is 43.1 Å². The van der Waals surface area contributed by atoms with Crippen LogP contribution in [0.5, 0.6) is 5.75 Å². The third kappa shape index (κ3) is 5.57. The molecule has 0 bridgehead atoms. The first-order valence-corrected chi connectivity index (χ1v) is 13.6. The van der Waals surface area contributed by atoms with E-state index in [1.807, 2.05) is 6.92 Å². The first-order chi connectivity index (χ1) is 16.1. The molecule has 1 amide bonds. The van der Waals surface area contributed by atoms with Crippen molar-refractivity contribution in [2.45, 2.75) is 35.9 Å². The fraction of sp³-hybridized carbons (Fsp3) is 0.304. The summed E-state index contributed by atoms with van der Waals surface area (Å²) in [6.07, 6.45) is 0. The fourth-order valence-electron chi connectivity index (χ4n) is 3.29. The number of carbonyl (C=O) groups excluding carboxylic acids is 2. The molecule has 1 heterocycles. The van der Waals surface area contributed by atoms with E-state index in [1.165, 1.54) is 12.1 Å². The van der Waals surface area contributed by atoms with E-state index >= 15 is 0 Å². The molecule has 3 rings (SSSR count). The standard InChI is InChI=1S/C23H25ClN2O6S2/c1-14-4-10-18(11-5-14)34(29,30)33-22-19(25)21(27)26(22)20(15(2)12-24)23(28)32-13-16-6-8-17(31-3)9-7-16/h4-11,19-20,22H,2,12-13,25H2,1,3H3. The number of aryl methyl sites for hydroxylation is 1. The van der Waals surface area contributed by atoms with E-state index in [1.54, 1.807) is 43.5 Å². The van der Waals surface area contributed by atoms with Crippen molar-refractivity contribution in [3.05, 3.63) is 71.8 Å². The minimum absolute atomic E-state index is 0.0670. The number of amides is 1. The number of β-lactam (4-membered cyclic amide) rings is 1. The molecule has 0 spiro atoms. The largest absolute Gasteiger partial charge is 0.497 e. The molecule has 0 radical (unpaired) electrons. The molecule has 1 aliphatic heterocycles. The molecule has 2 aromatic carbocycles. The van der Waals surface area contributed by atoms with Gasteiger partial charge in [0, 0.05) is 16.7 Å². The minimum Gasteiger partial charge on any atom is -0.497 e. The van der Waals surface area contributed by atoms with Crippen LogP contribution in [-0.2, 0) is 29.8 Å². The summed E-state index contributed by atoms with van der Waals surface area (Å²) in [7, 11) is -1.82. The van der Waals surface area contributed by atoms with Crippen LogP contribution >= 0.6 is 22.4 Å². The molecule has 3 atom stereocenters. The van der Waals surface area contributed by atoms with Crippen LogP contribution in [0.4, 0.5) is 0 Å². The molecule has 2 N–H and O–H groups in total. The Kier molecular flexibility index (Phi) is 8.29. The van der Waals surface area contributed by atoms with Gasteiger partial charge in [-0.2, -0.15) is 0 Å². The lowest BCUT2D eigenvalue weighted by Gasteiger charge is -2.47. The highest BCUT2D eigenvalue weighted by Gasteiger charge is 2.53. The van der Waals surface area contributed by atoms with Crippen LogP contribution in [0.1, 0.15) is 11.1 Å². The second-order valence-electron chi connectivity index (χ2n) is 7.68. The Balaban J connectivity index is 1.79. The van der Waals surface area contributed by atoms with E-state index in [0.29, 0.717) is 22.1 Å². The maximum Gasteiger partial charge on any atom is 0.333 e. The number of halogens is 1. The average Bonchev–Trinajstić information content (AvgIpc) is 2.84. The Morgan fingerprint density at radius 2 is 1.82 bits per heavy atom. The molecule has 34 heavy (non-hydrogen) atoms. The van der Waals surface area contributed by atoms with Gasteiger partial charge in [-0.25, -0.2) is 13.2 Å². The van der Waals surface area contributed by atoms with Crippen LogP contribution in [0, 0.1) is 6.92 Å². The summed E-state index contributed by atoms with van der Waals surface area (Å²) in [5.41, 5.74) is 7.73.